The lowest BCUT2D eigenvalue weighted by atomic mass is 9.87. The number of carbonyl (C=O) groups is 1. The van der Waals surface area contributed by atoms with Crippen LogP contribution in [0.25, 0.3) is 5.70 Å². The van der Waals surface area contributed by atoms with Gasteiger partial charge in [0.25, 0.3) is 0 Å². The molecule has 168 valence electrons. The lowest BCUT2D eigenvalue weighted by Crippen LogP contribution is -2.47. The molecule has 2 unspecified atom stereocenters. The van der Waals surface area contributed by atoms with Crippen molar-refractivity contribution in [2.75, 3.05) is 6.61 Å². The van der Waals surface area contributed by atoms with Crippen LogP contribution in [0.15, 0.2) is 18.5 Å². The van der Waals surface area contributed by atoms with Crippen LogP contribution in [0.5, 0.6) is 5.75 Å². The van der Waals surface area contributed by atoms with Gasteiger partial charge in [0.05, 0.1) is 36.8 Å². The Morgan fingerprint density at radius 3 is 2.37 bits per heavy atom. The van der Waals surface area contributed by atoms with Crippen LogP contribution >= 0.6 is 0 Å². The Morgan fingerprint density at radius 2 is 1.87 bits per heavy atom. The molecule has 0 fully saturated rings. The van der Waals surface area contributed by atoms with Crippen molar-refractivity contribution in [3.8, 4) is 5.75 Å². The Kier molecular flexibility index (Phi) is 8.24. The first-order valence-corrected chi connectivity index (χ1v) is 10.8. The predicted molar refractivity (Wildman–Crippen MR) is 117 cm³/mol. The number of hydrogen-bond donors (Lipinski definition) is 1. The van der Waals surface area contributed by atoms with E-state index in [0.29, 0.717) is 23.2 Å². The SMILES string of the molecule is CC(C)CC1CCC=C(c2ncc(OC(C)C)cn2)N(C(=O)OC(C)(C)C)C1CO. The summed E-state index contributed by atoms with van der Waals surface area (Å²) in [6.45, 7) is 13.5. The van der Waals surface area contributed by atoms with Gasteiger partial charge in [-0.2, -0.15) is 0 Å². The molecular weight excluding hydrogens is 382 g/mol. The first kappa shape index (κ1) is 24.1. The van der Waals surface area contributed by atoms with Crippen molar-refractivity contribution in [3.05, 3.63) is 24.3 Å². The molecule has 1 amide bonds. The number of amides is 1. The third-order valence-corrected chi connectivity index (χ3v) is 4.79. The van der Waals surface area contributed by atoms with Crippen LogP contribution in [-0.4, -0.2) is 50.4 Å². The molecule has 1 aromatic heterocycles. The average Bonchev–Trinajstić information content (AvgIpc) is 2.79. The van der Waals surface area contributed by atoms with Crippen molar-refractivity contribution in [1.82, 2.24) is 14.9 Å². The Hall–Kier alpha value is -2.15. The number of aromatic nitrogens is 2. The summed E-state index contributed by atoms with van der Waals surface area (Å²) in [5, 5.41) is 10.3. The van der Waals surface area contributed by atoms with Crippen LogP contribution in [0.3, 0.4) is 0 Å². The summed E-state index contributed by atoms with van der Waals surface area (Å²) < 4.78 is 11.3. The number of rotatable bonds is 6. The molecule has 2 heterocycles. The van der Waals surface area contributed by atoms with E-state index in [0.717, 1.165) is 19.3 Å². The van der Waals surface area contributed by atoms with Crippen molar-refractivity contribution in [1.29, 1.82) is 0 Å². The number of hydrogen-bond acceptors (Lipinski definition) is 6. The topological polar surface area (TPSA) is 84.8 Å². The minimum Gasteiger partial charge on any atom is -0.488 e. The molecule has 2 atom stereocenters. The number of carbonyl (C=O) groups excluding carboxylic acids is 1. The molecule has 2 rings (SSSR count). The third kappa shape index (κ3) is 6.69. The standard InChI is InChI=1S/C23H37N3O4/c1-15(2)11-17-9-8-10-19(21-24-12-18(13-25-21)29-16(3)4)26(20(17)14-27)22(28)30-23(5,6)7/h10,12-13,15-17,20,27H,8-9,11,14H2,1-7H3. The lowest BCUT2D eigenvalue weighted by Gasteiger charge is -2.36. The number of aliphatic hydroxyl groups is 1. The second-order valence-corrected chi connectivity index (χ2v) is 9.57. The summed E-state index contributed by atoms with van der Waals surface area (Å²) in [5.74, 6) is 1.60. The highest BCUT2D eigenvalue weighted by Crippen LogP contribution is 2.34. The van der Waals surface area contributed by atoms with Gasteiger partial charge in [-0.15, -0.1) is 0 Å². The molecule has 0 spiro atoms. The third-order valence-electron chi connectivity index (χ3n) is 4.79. The zero-order valence-corrected chi connectivity index (χ0v) is 19.4. The van der Waals surface area contributed by atoms with Crippen molar-refractivity contribution in [2.24, 2.45) is 11.8 Å². The summed E-state index contributed by atoms with van der Waals surface area (Å²) in [7, 11) is 0. The van der Waals surface area contributed by atoms with E-state index in [2.05, 4.69) is 23.8 Å². The Labute approximate surface area is 180 Å². The molecule has 0 saturated heterocycles. The minimum absolute atomic E-state index is 0.0189. The quantitative estimate of drug-likeness (QED) is 0.722. The smallest absolute Gasteiger partial charge is 0.415 e. The van der Waals surface area contributed by atoms with Crippen LogP contribution in [0.1, 0.15) is 73.6 Å². The molecule has 1 aliphatic heterocycles. The molecule has 0 bridgehead atoms. The first-order valence-electron chi connectivity index (χ1n) is 10.8. The summed E-state index contributed by atoms with van der Waals surface area (Å²) in [6, 6.07) is -0.397. The Bertz CT molecular complexity index is 723. The lowest BCUT2D eigenvalue weighted by molar-refractivity contribution is 0.0156. The van der Waals surface area contributed by atoms with E-state index in [1.165, 1.54) is 0 Å². The van der Waals surface area contributed by atoms with Gasteiger partial charge >= 0.3 is 6.09 Å². The van der Waals surface area contributed by atoms with Crippen LogP contribution in [0.2, 0.25) is 0 Å². The van der Waals surface area contributed by atoms with E-state index >= 15 is 0 Å². The predicted octanol–water partition coefficient (Wildman–Crippen LogP) is 4.66. The van der Waals surface area contributed by atoms with E-state index in [1.54, 1.807) is 17.3 Å². The summed E-state index contributed by atoms with van der Waals surface area (Å²) in [5.41, 5.74) is -0.0802. The maximum Gasteiger partial charge on any atom is 0.415 e. The summed E-state index contributed by atoms with van der Waals surface area (Å²) in [6.07, 6.45) is 7.29. The normalized spacial score (nSPS) is 20.2. The second-order valence-electron chi connectivity index (χ2n) is 9.57. The van der Waals surface area contributed by atoms with Gasteiger partial charge in [-0.3, -0.25) is 4.90 Å². The molecule has 0 aromatic carbocycles. The van der Waals surface area contributed by atoms with Crippen LogP contribution in [-0.2, 0) is 4.74 Å². The van der Waals surface area contributed by atoms with E-state index in [-0.39, 0.29) is 18.6 Å². The zero-order valence-electron chi connectivity index (χ0n) is 19.4. The molecular formula is C23H37N3O4. The molecule has 1 aliphatic rings. The minimum atomic E-state index is -0.655. The fraction of sp³-hybridized carbons (Fsp3) is 0.696. The van der Waals surface area contributed by atoms with E-state index in [1.807, 2.05) is 40.7 Å². The van der Waals surface area contributed by atoms with Crippen LogP contribution in [0.4, 0.5) is 4.79 Å². The van der Waals surface area contributed by atoms with Crippen molar-refractivity contribution < 1.29 is 19.4 Å². The monoisotopic (exact) mass is 419 g/mol. The maximum absolute atomic E-state index is 13.2. The van der Waals surface area contributed by atoms with Crippen LogP contribution in [0, 0.1) is 11.8 Å². The highest BCUT2D eigenvalue weighted by molar-refractivity contribution is 5.81. The fourth-order valence-corrected chi connectivity index (χ4v) is 3.75. The highest BCUT2D eigenvalue weighted by Gasteiger charge is 2.38. The van der Waals surface area contributed by atoms with E-state index in [9.17, 15) is 9.90 Å². The van der Waals surface area contributed by atoms with Crippen LogP contribution < -0.4 is 4.74 Å². The average molecular weight is 420 g/mol. The first-order chi connectivity index (χ1) is 14.0. The van der Waals surface area contributed by atoms with Gasteiger partial charge in [-0.25, -0.2) is 14.8 Å². The number of allylic oxidation sites excluding steroid dienone is 1. The number of ether oxygens (including phenoxy) is 2. The van der Waals surface area contributed by atoms with Gasteiger partial charge in [-0.1, -0.05) is 19.9 Å². The van der Waals surface area contributed by atoms with Crippen molar-refractivity contribution in [2.45, 2.75) is 85.5 Å². The maximum atomic E-state index is 13.2. The molecule has 1 N–H and O–H groups in total. The number of aliphatic hydroxyl groups excluding tert-OH is 1. The molecule has 7 nitrogen and oxygen atoms in total. The zero-order chi connectivity index (χ0) is 22.5. The van der Waals surface area contributed by atoms with Gasteiger partial charge in [0.15, 0.2) is 11.6 Å². The molecule has 7 heteroatoms. The fourth-order valence-electron chi connectivity index (χ4n) is 3.75. The van der Waals surface area contributed by atoms with E-state index < -0.39 is 17.7 Å². The van der Waals surface area contributed by atoms with Crippen molar-refractivity contribution in [3.63, 3.8) is 0 Å². The molecule has 30 heavy (non-hydrogen) atoms. The van der Waals surface area contributed by atoms with Gasteiger partial charge < -0.3 is 14.6 Å². The van der Waals surface area contributed by atoms with Crippen molar-refractivity contribution >= 4 is 11.8 Å². The molecule has 0 aliphatic carbocycles. The summed E-state index contributed by atoms with van der Waals surface area (Å²) >= 11 is 0. The Balaban J connectivity index is 2.44. The van der Waals surface area contributed by atoms with Gasteiger partial charge in [0.2, 0.25) is 0 Å². The summed E-state index contributed by atoms with van der Waals surface area (Å²) in [4.78, 5) is 23.7. The molecule has 1 aromatic rings. The second kappa shape index (κ2) is 10.2. The van der Waals surface area contributed by atoms with Gasteiger partial charge in [0, 0.05) is 0 Å². The molecule has 0 radical (unpaired) electrons. The van der Waals surface area contributed by atoms with E-state index in [4.69, 9.17) is 9.47 Å². The number of nitrogens with zero attached hydrogens (tertiary/aromatic N) is 3. The largest absolute Gasteiger partial charge is 0.488 e. The van der Waals surface area contributed by atoms with Gasteiger partial charge in [-0.05, 0) is 65.7 Å². The highest BCUT2D eigenvalue weighted by atomic mass is 16.6. The van der Waals surface area contributed by atoms with Gasteiger partial charge in [0.1, 0.15) is 5.60 Å². The molecule has 0 saturated carbocycles. The Morgan fingerprint density at radius 1 is 1.23 bits per heavy atom.